The van der Waals surface area contributed by atoms with Crippen molar-refractivity contribution in [3.05, 3.63) is 48.0 Å². The summed E-state index contributed by atoms with van der Waals surface area (Å²) in [6.45, 7) is 6.64. The van der Waals surface area contributed by atoms with Crippen molar-refractivity contribution in [1.82, 2.24) is 9.55 Å². The number of carbonyl (C=O) groups is 1. The van der Waals surface area contributed by atoms with Gasteiger partial charge in [-0.25, -0.2) is 4.98 Å². The van der Waals surface area contributed by atoms with Crippen LogP contribution in [0.5, 0.6) is 0 Å². The second-order valence-electron chi connectivity index (χ2n) is 5.55. The lowest BCUT2D eigenvalue weighted by Gasteiger charge is -2.12. The van der Waals surface area contributed by atoms with Gasteiger partial charge in [0.05, 0.1) is 6.04 Å². The van der Waals surface area contributed by atoms with E-state index in [2.05, 4.69) is 28.7 Å². The number of hydrogen-bond donors (Lipinski definition) is 2. The largest absolute Gasteiger partial charge is 0.330 e. The Morgan fingerprint density at radius 3 is 2.81 bits per heavy atom. The minimum Gasteiger partial charge on any atom is -0.330 e. The van der Waals surface area contributed by atoms with Crippen LogP contribution in [0, 0.1) is 0 Å². The number of nitrogens with two attached hydrogens (primary N) is 1. The van der Waals surface area contributed by atoms with Crippen molar-refractivity contribution in [2.75, 3.05) is 5.32 Å². The maximum Gasteiger partial charge on any atom is 0.240 e. The Morgan fingerprint density at radius 1 is 1.38 bits per heavy atom. The van der Waals surface area contributed by atoms with Crippen LogP contribution in [-0.2, 0) is 11.3 Å². The van der Waals surface area contributed by atoms with E-state index < -0.39 is 6.04 Å². The van der Waals surface area contributed by atoms with Gasteiger partial charge in [-0.3, -0.25) is 4.79 Å². The normalized spacial score (nSPS) is 12.4. The van der Waals surface area contributed by atoms with Gasteiger partial charge in [-0.05, 0) is 24.6 Å². The summed E-state index contributed by atoms with van der Waals surface area (Å²) in [7, 11) is 0. The summed E-state index contributed by atoms with van der Waals surface area (Å²) in [5.41, 5.74) is 7.43. The number of imidazole rings is 1. The molecule has 1 heterocycles. The van der Waals surface area contributed by atoms with Crippen LogP contribution >= 0.6 is 0 Å². The summed E-state index contributed by atoms with van der Waals surface area (Å²) in [5.74, 6) is 1.25. The first-order chi connectivity index (χ1) is 9.97. The van der Waals surface area contributed by atoms with Crippen molar-refractivity contribution >= 4 is 11.6 Å². The van der Waals surface area contributed by atoms with Crippen LogP contribution in [0.3, 0.4) is 0 Å². The molecule has 0 unspecified atom stereocenters. The Kier molecular flexibility index (Phi) is 4.75. The third-order valence-corrected chi connectivity index (χ3v) is 3.23. The molecular formula is C16H22N4O. The predicted molar refractivity (Wildman–Crippen MR) is 84.1 cm³/mol. The minimum atomic E-state index is -0.519. The van der Waals surface area contributed by atoms with Gasteiger partial charge in [-0.15, -0.1) is 0 Å². The van der Waals surface area contributed by atoms with E-state index in [9.17, 15) is 4.79 Å². The van der Waals surface area contributed by atoms with Gasteiger partial charge in [0.1, 0.15) is 5.82 Å². The molecule has 0 aliphatic heterocycles. The van der Waals surface area contributed by atoms with Gasteiger partial charge in [0, 0.05) is 30.5 Å². The van der Waals surface area contributed by atoms with Crippen LogP contribution in [0.25, 0.3) is 0 Å². The van der Waals surface area contributed by atoms with Gasteiger partial charge in [0.25, 0.3) is 0 Å². The highest BCUT2D eigenvalue weighted by Crippen LogP contribution is 2.16. The zero-order valence-corrected chi connectivity index (χ0v) is 12.7. The third-order valence-electron chi connectivity index (χ3n) is 3.23. The molecule has 1 amide bonds. The first-order valence-electron chi connectivity index (χ1n) is 7.13. The molecule has 0 aliphatic rings. The summed E-state index contributed by atoms with van der Waals surface area (Å²) < 4.78 is 2.12. The SMILES string of the molecule is CC(C)c1nccn1Cc1cccc(NC(=O)[C@@H](C)N)c1. The van der Waals surface area contributed by atoms with Gasteiger partial charge in [-0.2, -0.15) is 0 Å². The molecule has 1 aromatic carbocycles. The molecule has 0 saturated heterocycles. The fourth-order valence-corrected chi connectivity index (χ4v) is 2.16. The lowest BCUT2D eigenvalue weighted by atomic mass is 10.1. The van der Waals surface area contributed by atoms with Crippen LogP contribution in [0.2, 0.25) is 0 Å². The van der Waals surface area contributed by atoms with E-state index >= 15 is 0 Å². The minimum absolute atomic E-state index is 0.183. The number of benzene rings is 1. The number of anilines is 1. The lowest BCUT2D eigenvalue weighted by Crippen LogP contribution is -2.32. The maximum absolute atomic E-state index is 11.6. The summed E-state index contributed by atoms with van der Waals surface area (Å²) in [4.78, 5) is 16.0. The summed E-state index contributed by atoms with van der Waals surface area (Å²) >= 11 is 0. The summed E-state index contributed by atoms with van der Waals surface area (Å²) in [6, 6.07) is 7.27. The zero-order valence-electron chi connectivity index (χ0n) is 12.7. The quantitative estimate of drug-likeness (QED) is 0.886. The maximum atomic E-state index is 11.6. The molecule has 2 aromatic rings. The van der Waals surface area contributed by atoms with Crippen molar-refractivity contribution in [3.8, 4) is 0 Å². The van der Waals surface area contributed by atoms with Crippen molar-refractivity contribution < 1.29 is 4.79 Å². The van der Waals surface area contributed by atoms with Gasteiger partial charge >= 0.3 is 0 Å². The molecule has 21 heavy (non-hydrogen) atoms. The van der Waals surface area contributed by atoms with Crippen LogP contribution in [0.4, 0.5) is 5.69 Å². The molecular weight excluding hydrogens is 264 g/mol. The Bertz CT molecular complexity index is 616. The molecule has 3 N–H and O–H groups in total. The van der Waals surface area contributed by atoms with E-state index in [1.165, 1.54) is 0 Å². The smallest absolute Gasteiger partial charge is 0.240 e. The van der Waals surface area contributed by atoms with Crippen LogP contribution < -0.4 is 11.1 Å². The Morgan fingerprint density at radius 2 is 2.14 bits per heavy atom. The number of aromatic nitrogens is 2. The number of carbonyl (C=O) groups excluding carboxylic acids is 1. The molecule has 0 fully saturated rings. The number of rotatable bonds is 5. The Labute approximate surface area is 125 Å². The summed E-state index contributed by atoms with van der Waals surface area (Å²) in [6.07, 6.45) is 3.79. The number of nitrogens with zero attached hydrogens (tertiary/aromatic N) is 2. The average molecular weight is 286 g/mol. The van der Waals surface area contributed by atoms with Crippen LogP contribution in [-0.4, -0.2) is 21.5 Å². The molecule has 2 rings (SSSR count). The molecule has 5 nitrogen and oxygen atoms in total. The average Bonchev–Trinajstić information content (AvgIpc) is 2.87. The first-order valence-corrected chi connectivity index (χ1v) is 7.13. The van der Waals surface area contributed by atoms with Gasteiger partial charge < -0.3 is 15.6 Å². The van der Waals surface area contributed by atoms with E-state index in [4.69, 9.17) is 5.73 Å². The molecule has 0 radical (unpaired) electrons. The second-order valence-corrected chi connectivity index (χ2v) is 5.55. The van der Waals surface area contributed by atoms with E-state index in [-0.39, 0.29) is 5.91 Å². The van der Waals surface area contributed by atoms with Crippen molar-refractivity contribution in [3.63, 3.8) is 0 Å². The molecule has 1 aromatic heterocycles. The molecule has 5 heteroatoms. The van der Waals surface area contributed by atoms with Gasteiger partial charge in [0.2, 0.25) is 5.91 Å². The highest BCUT2D eigenvalue weighted by atomic mass is 16.2. The summed E-state index contributed by atoms with van der Waals surface area (Å²) in [5, 5.41) is 2.81. The monoisotopic (exact) mass is 286 g/mol. The molecule has 112 valence electrons. The Hall–Kier alpha value is -2.14. The van der Waals surface area contributed by atoms with E-state index in [0.717, 1.165) is 23.6 Å². The Balaban J connectivity index is 2.14. The first kappa shape index (κ1) is 15.3. The van der Waals surface area contributed by atoms with Gasteiger partial charge in [0.15, 0.2) is 0 Å². The standard InChI is InChI=1S/C16H22N4O/c1-11(2)15-18-7-8-20(15)10-13-5-4-6-14(9-13)19-16(21)12(3)17/h4-9,11-12H,10,17H2,1-3H3,(H,19,21)/t12-/m1/s1. The second kappa shape index (κ2) is 6.54. The number of amides is 1. The fourth-order valence-electron chi connectivity index (χ4n) is 2.16. The van der Waals surface area contributed by atoms with Crippen LogP contribution in [0.15, 0.2) is 36.7 Å². The van der Waals surface area contributed by atoms with E-state index in [0.29, 0.717) is 5.92 Å². The predicted octanol–water partition coefficient (Wildman–Crippen LogP) is 2.34. The zero-order chi connectivity index (χ0) is 15.4. The molecule has 0 saturated carbocycles. The van der Waals surface area contributed by atoms with Gasteiger partial charge in [-0.1, -0.05) is 26.0 Å². The highest BCUT2D eigenvalue weighted by molar-refractivity contribution is 5.94. The lowest BCUT2D eigenvalue weighted by molar-refractivity contribution is -0.117. The van der Waals surface area contributed by atoms with Crippen molar-refractivity contribution in [1.29, 1.82) is 0 Å². The fraction of sp³-hybridized carbons (Fsp3) is 0.375. The molecule has 0 bridgehead atoms. The topological polar surface area (TPSA) is 72.9 Å². The van der Waals surface area contributed by atoms with E-state index in [1.54, 1.807) is 6.92 Å². The number of hydrogen-bond acceptors (Lipinski definition) is 3. The highest BCUT2D eigenvalue weighted by Gasteiger charge is 2.09. The third kappa shape index (κ3) is 3.92. The van der Waals surface area contributed by atoms with E-state index in [1.807, 2.05) is 36.7 Å². The number of nitrogens with one attached hydrogen (secondary N) is 1. The molecule has 1 atom stereocenters. The van der Waals surface area contributed by atoms with Crippen molar-refractivity contribution in [2.24, 2.45) is 5.73 Å². The molecule has 0 aliphatic carbocycles. The van der Waals surface area contributed by atoms with Crippen LogP contribution in [0.1, 0.15) is 38.1 Å². The van der Waals surface area contributed by atoms with Crippen molar-refractivity contribution in [2.45, 2.75) is 39.3 Å². The molecule has 0 spiro atoms.